The molecule has 0 fully saturated rings. The normalized spacial score (nSPS) is 12.3. The molecule has 0 radical (unpaired) electrons. The summed E-state index contributed by atoms with van der Waals surface area (Å²) in [5, 5.41) is 4.58. The third-order valence-corrected chi connectivity index (χ3v) is 4.42. The zero-order valence-corrected chi connectivity index (χ0v) is 15.1. The molecule has 1 N–H and O–H groups in total. The Kier molecular flexibility index (Phi) is 5.47. The van der Waals surface area contributed by atoms with Crippen molar-refractivity contribution in [2.24, 2.45) is 0 Å². The van der Waals surface area contributed by atoms with Gasteiger partial charge >= 0.3 is 0 Å². The van der Waals surface area contributed by atoms with Gasteiger partial charge in [-0.15, -0.1) is 0 Å². The first kappa shape index (κ1) is 16.5. The Morgan fingerprint density at radius 2 is 2.00 bits per heavy atom. The maximum atomic E-state index is 6.34. The molecule has 3 nitrogen and oxygen atoms in total. The molecular weight excluding hydrogens is 373 g/mol. The molecule has 1 atom stereocenters. The van der Waals surface area contributed by atoms with Crippen LogP contribution in [-0.2, 0) is 0 Å². The number of halogens is 3. The highest BCUT2D eigenvalue weighted by molar-refractivity contribution is 9.10. The van der Waals surface area contributed by atoms with Crippen LogP contribution in [0.1, 0.15) is 36.3 Å². The number of aryl methyl sites for hydroxylation is 2. The fraction of sp³-hybridized carbons (Fsp3) is 0.333. The highest BCUT2D eigenvalue weighted by Crippen LogP contribution is 2.33. The first-order valence-corrected chi connectivity index (χ1v) is 8.18. The minimum atomic E-state index is 0.0289. The Balaban J connectivity index is 2.38. The van der Waals surface area contributed by atoms with Gasteiger partial charge < -0.3 is 5.32 Å². The predicted molar refractivity (Wildman–Crippen MR) is 92.3 cm³/mol. The smallest absolute Gasteiger partial charge is 0.134 e. The maximum absolute atomic E-state index is 6.34. The van der Waals surface area contributed by atoms with E-state index in [1.807, 2.05) is 26.0 Å². The van der Waals surface area contributed by atoms with Crippen molar-refractivity contribution in [3.05, 3.63) is 49.9 Å². The zero-order valence-electron chi connectivity index (χ0n) is 12.0. The van der Waals surface area contributed by atoms with Gasteiger partial charge in [-0.05, 0) is 48.3 Å². The van der Waals surface area contributed by atoms with Crippen LogP contribution >= 0.6 is 39.1 Å². The van der Waals surface area contributed by atoms with Crippen LogP contribution in [0.3, 0.4) is 0 Å². The number of aromatic nitrogens is 2. The molecule has 21 heavy (non-hydrogen) atoms. The van der Waals surface area contributed by atoms with Crippen molar-refractivity contribution in [2.45, 2.75) is 33.2 Å². The molecule has 0 aliphatic rings. The molecular formula is C15H16BrCl2N3. The van der Waals surface area contributed by atoms with Crippen LogP contribution in [0, 0.1) is 13.8 Å². The van der Waals surface area contributed by atoms with Crippen LogP contribution in [0.5, 0.6) is 0 Å². The number of nitrogens with one attached hydrogen (secondary N) is 1. The van der Waals surface area contributed by atoms with Crippen LogP contribution in [0.25, 0.3) is 0 Å². The lowest BCUT2D eigenvalue weighted by Crippen LogP contribution is -2.12. The highest BCUT2D eigenvalue weighted by atomic mass is 79.9. The SMILES string of the molecule is CCC(Nc1cc(C)nc(C)c1Cl)c1cc(Br)cnc1Cl. The van der Waals surface area contributed by atoms with Crippen LogP contribution in [0.2, 0.25) is 10.2 Å². The summed E-state index contributed by atoms with van der Waals surface area (Å²) in [6.07, 6.45) is 2.54. The topological polar surface area (TPSA) is 37.8 Å². The van der Waals surface area contributed by atoms with Gasteiger partial charge in [-0.2, -0.15) is 0 Å². The van der Waals surface area contributed by atoms with Crippen molar-refractivity contribution in [1.29, 1.82) is 0 Å². The number of rotatable bonds is 4. The van der Waals surface area contributed by atoms with E-state index in [4.69, 9.17) is 23.2 Å². The van der Waals surface area contributed by atoms with Gasteiger partial charge in [0.05, 0.1) is 22.4 Å². The Hall–Kier alpha value is -0.840. The fourth-order valence-electron chi connectivity index (χ4n) is 2.19. The van der Waals surface area contributed by atoms with Gasteiger partial charge in [-0.3, -0.25) is 4.98 Å². The van der Waals surface area contributed by atoms with Gasteiger partial charge in [0.2, 0.25) is 0 Å². The van der Waals surface area contributed by atoms with E-state index in [9.17, 15) is 0 Å². The van der Waals surface area contributed by atoms with Gasteiger partial charge in [0.15, 0.2) is 0 Å². The zero-order chi connectivity index (χ0) is 15.6. The summed E-state index contributed by atoms with van der Waals surface area (Å²) in [6.45, 7) is 5.93. The third kappa shape index (κ3) is 3.87. The average molecular weight is 389 g/mol. The molecule has 0 aromatic carbocycles. The van der Waals surface area contributed by atoms with Crippen LogP contribution in [-0.4, -0.2) is 9.97 Å². The van der Waals surface area contributed by atoms with Crippen LogP contribution < -0.4 is 5.32 Å². The van der Waals surface area contributed by atoms with Gasteiger partial charge in [0, 0.05) is 21.9 Å². The third-order valence-electron chi connectivity index (χ3n) is 3.20. The molecule has 2 aromatic heterocycles. The number of anilines is 1. The molecule has 2 aromatic rings. The van der Waals surface area contributed by atoms with Crippen LogP contribution in [0.15, 0.2) is 22.8 Å². The predicted octanol–water partition coefficient (Wildman–Crippen LogP) is 5.73. The van der Waals surface area contributed by atoms with E-state index in [2.05, 4.69) is 38.1 Å². The van der Waals surface area contributed by atoms with Crippen molar-refractivity contribution in [2.75, 3.05) is 5.32 Å². The first-order valence-electron chi connectivity index (χ1n) is 6.63. The Morgan fingerprint density at radius 3 is 2.67 bits per heavy atom. The first-order chi connectivity index (χ1) is 9.92. The molecule has 1 unspecified atom stereocenters. The van der Waals surface area contributed by atoms with Crippen molar-refractivity contribution in [1.82, 2.24) is 9.97 Å². The lowest BCUT2D eigenvalue weighted by atomic mass is 10.1. The molecule has 2 rings (SSSR count). The number of pyridine rings is 2. The molecule has 0 aliphatic carbocycles. The molecule has 0 saturated carbocycles. The van der Waals surface area contributed by atoms with Gasteiger partial charge in [-0.25, -0.2) is 4.98 Å². The summed E-state index contributed by atoms with van der Waals surface area (Å²) >= 11 is 16.0. The monoisotopic (exact) mass is 387 g/mol. The van der Waals surface area contributed by atoms with Gasteiger partial charge in [-0.1, -0.05) is 30.1 Å². The lowest BCUT2D eigenvalue weighted by Gasteiger charge is -2.21. The molecule has 0 bridgehead atoms. The molecule has 0 saturated heterocycles. The van der Waals surface area contributed by atoms with E-state index in [1.165, 1.54) is 0 Å². The van der Waals surface area contributed by atoms with E-state index in [1.54, 1.807) is 6.20 Å². The summed E-state index contributed by atoms with van der Waals surface area (Å²) in [4.78, 5) is 8.53. The average Bonchev–Trinajstić information content (AvgIpc) is 2.44. The fourth-order valence-corrected chi connectivity index (χ4v) is 2.92. The summed E-state index contributed by atoms with van der Waals surface area (Å²) < 4.78 is 0.898. The summed E-state index contributed by atoms with van der Waals surface area (Å²) in [5.41, 5.74) is 3.54. The van der Waals surface area contributed by atoms with Crippen molar-refractivity contribution < 1.29 is 0 Å². The Bertz CT molecular complexity index is 662. The summed E-state index contributed by atoms with van der Waals surface area (Å²) in [7, 11) is 0. The standard InChI is InChI=1S/C15H16BrCl2N3/c1-4-12(11-6-10(16)7-19-15(11)18)21-13-5-8(2)20-9(3)14(13)17/h5-7,12H,4H2,1-3H3,(H,20,21). The van der Waals surface area contributed by atoms with Crippen LogP contribution in [0.4, 0.5) is 5.69 Å². The second kappa shape index (κ2) is 6.95. The van der Waals surface area contributed by atoms with Gasteiger partial charge in [0.1, 0.15) is 5.15 Å². The molecule has 0 spiro atoms. The van der Waals surface area contributed by atoms with Crippen molar-refractivity contribution in [3.8, 4) is 0 Å². The number of hydrogen-bond donors (Lipinski definition) is 1. The minimum Gasteiger partial charge on any atom is -0.377 e. The second-order valence-corrected chi connectivity index (χ2v) is 6.50. The van der Waals surface area contributed by atoms with E-state index in [-0.39, 0.29) is 6.04 Å². The van der Waals surface area contributed by atoms with E-state index in [0.717, 1.165) is 33.5 Å². The number of hydrogen-bond acceptors (Lipinski definition) is 3. The summed E-state index contributed by atoms with van der Waals surface area (Å²) in [5.74, 6) is 0. The maximum Gasteiger partial charge on any atom is 0.134 e. The minimum absolute atomic E-state index is 0.0289. The van der Waals surface area contributed by atoms with Crippen molar-refractivity contribution in [3.63, 3.8) is 0 Å². The highest BCUT2D eigenvalue weighted by Gasteiger charge is 2.16. The summed E-state index contributed by atoms with van der Waals surface area (Å²) in [6, 6.07) is 3.95. The largest absolute Gasteiger partial charge is 0.377 e. The second-order valence-electron chi connectivity index (χ2n) is 4.85. The quantitative estimate of drug-likeness (QED) is 0.680. The Morgan fingerprint density at radius 1 is 1.29 bits per heavy atom. The van der Waals surface area contributed by atoms with Crippen molar-refractivity contribution >= 4 is 44.8 Å². The molecule has 6 heteroatoms. The van der Waals surface area contributed by atoms with E-state index < -0.39 is 0 Å². The Labute approximate surface area is 143 Å². The lowest BCUT2D eigenvalue weighted by molar-refractivity contribution is 0.744. The number of nitrogens with zero attached hydrogens (tertiary/aromatic N) is 2. The molecule has 2 heterocycles. The van der Waals surface area contributed by atoms with Gasteiger partial charge in [0.25, 0.3) is 0 Å². The molecule has 0 aliphatic heterocycles. The van der Waals surface area contributed by atoms with E-state index in [0.29, 0.717) is 10.2 Å². The molecule has 0 amide bonds. The van der Waals surface area contributed by atoms with E-state index >= 15 is 0 Å². The molecule has 112 valence electrons.